The molecule has 1 amide bonds. The minimum Gasteiger partial charge on any atom is -0.491 e. The monoisotopic (exact) mass is 559 g/mol. The van der Waals surface area contributed by atoms with Crippen LogP contribution in [0.25, 0.3) is 0 Å². The number of carbonyl (C=O) groups is 1. The predicted octanol–water partition coefficient (Wildman–Crippen LogP) is 7.21. The van der Waals surface area contributed by atoms with Crippen molar-refractivity contribution in [1.82, 2.24) is 0 Å². The summed E-state index contributed by atoms with van der Waals surface area (Å²) in [4.78, 5) is 15.3. The van der Waals surface area contributed by atoms with Crippen LogP contribution in [0.4, 0.5) is 5.69 Å². The molecule has 0 saturated carbocycles. The molecular formula is C30H40ClN2O4S-. The second-order valence-electron chi connectivity index (χ2n) is 10.7. The molecule has 38 heavy (non-hydrogen) atoms. The fourth-order valence-electron chi connectivity index (χ4n) is 5.47. The quantitative estimate of drug-likeness (QED) is 0.345. The summed E-state index contributed by atoms with van der Waals surface area (Å²) in [6, 6.07) is 11.6. The van der Waals surface area contributed by atoms with Gasteiger partial charge in [0.25, 0.3) is 5.91 Å². The number of methoxy groups -OCH3 is 1. The van der Waals surface area contributed by atoms with Crippen molar-refractivity contribution in [3.63, 3.8) is 0 Å². The van der Waals surface area contributed by atoms with Crippen molar-refractivity contribution >= 4 is 33.8 Å². The average Bonchev–Trinajstić information content (AvgIpc) is 2.93. The summed E-state index contributed by atoms with van der Waals surface area (Å²) in [5.74, 6) is 1.35. The van der Waals surface area contributed by atoms with Crippen LogP contribution in [-0.2, 0) is 32.5 Å². The number of rotatable bonds is 1. The molecule has 2 heterocycles. The first kappa shape index (κ1) is 28.9. The van der Waals surface area contributed by atoms with Crippen molar-refractivity contribution in [1.29, 1.82) is 0 Å². The first-order valence-corrected chi connectivity index (χ1v) is 15.5. The Kier molecular flexibility index (Phi) is 10.5. The maximum atomic E-state index is 13.0. The molecule has 4 rings (SSSR count). The fourth-order valence-corrected chi connectivity index (χ4v) is 6.50. The molecule has 0 radical (unpaired) electrons. The molecule has 2 aromatic rings. The zero-order chi connectivity index (χ0) is 27.1. The number of halogens is 1. The fraction of sp³-hybridized carbons (Fsp3) is 0.567. The summed E-state index contributed by atoms with van der Waals surface area (Å²) in [5, 5.41) is 0.746. The molecule has 2 aliphatic heterocycles. The number of hydrogen-bond donors (Lipinski definition) is 0. The minimum absolute atomic E-state index is 0.145. The molecular weight excluding hydrogens is 520 g/mol. The minimum atomic E-state index is -1.54. The van der Waals surface area contributed by atoms with Gasteiger partial charge in [-0.3, -0.25) is 4.79 Å². The van der Waals surface area contributed by atoms with E-state index in [2.05, 4.69) is 35.2 Å². The van der Waals surface area contributed by atoms with Crippen LogP contribution in [0.2, 0.25) is 5.02 Å². The van der Waals surface area contributed by atoms with Crippen molar-refractivity contribution in [2.45, 2.75) is 71.4 Å². The smallest absolute Gasteiger partial charge is 0.254 e. The third kappa shape index (κ3) is 7.51. The Morgan fingerprint density at radius 1 is 1.05 bits per heavy atom. The Hall–Kier alpha value is -2.09. The highest BCUT2D eigenvalue weighted by Gasteiger charge is 2.27. The van der Waals surface area contributed by atoms with Crippen molar-refractivity contribution in [2.75, 3.05) is 30.9 Å². The van der Waals surface area contributed by atoms with E-state index in [1.807, 2.05) is 18.2 Å². The van der Waals surface area contributed by atoms with Gasteiger partial charge < -0.3 is 22.9 Å². The molecule has 0 fully saturated rings. The zero-order valence-corrected chi connectivity index (χ0v) is 24.4. The number of ether oxygens (including phenoxy) is 2. The van der Waals surface area contributed by atoms with Crippen molar-refractivity contribution in [3.8, 4) is 5.75 Å². The standard InChI is InChI=1S/C30H40ClN2O4S/c1-21-19-33-20-25-11-13-26(31)17-23(25)9-6-7-15-37-29-14-12-24(18-27(29)33)30(34)32-38(35)16-8-4-5-10-28(36-3)22(21)2/h11-14,17-18,21-22,28H,4-10,15-16,19-20H2,1-3H3/q-1/t21-,22+,28-/m0/s1. The largest absolute Gasteiger partial charge is 0.491 e. The maximum Gasteiger partial charge on any atom is 0.254 e. The first-order valence-electron chi connectivity index (χ1n) is 13.8. The molecule has 0 spiro atoms. The SMILES string of the molecule is CO[C@H]1CCCCC[S-](=O)=NC(=O)c2ccc3c(c2)N(Cc2ccc(Cl)cc2CCCCO3)C[C@H](C)[C@H]1C. The average molecular weight is 560 g/mol. The topological polar surface area (TPSA) is 68.2 Å². The third-order valence-corrected chi connectivity index (χ3v) is 9.20. The predicted molar refractivity (Wildman–Crippen MR) is 155 cm³/mol. The van der Waals surface area contributed by atoms with E-state index in [4.69, 9.17) is 21.1 Å². The van der Waals surface area contributed by atoms with Gasteiger partial charge in [-0.05, 0) is 79.0 Å². The molecule has 6 nitrogen and oxygen atoms in total. The van der Waals surface area contributed by atoms with Crippen LogP contribution < -0.4 is 9.64 Å². The Bertz CT molecular complexity index is 1200. The summed E-state index contributed by atoms with van der Waals surface area (Å²) < 4.78 is 28.8. The molecule has 2 aliphatic rings. The lowest BCUT2D eigenvalue weighted by molar-refractivity contribution is 0.0309. The number of anilines is 1. The van der Waals surface area contributed by atoms with Gasteiger partial charge in [-0.15, -0.1) is 0 Å². The molecule has 0 saturated heterocycles. The lowest BCUT2D eigenvalue weighted by atomic mass is 9.87. The Morgan fingerprint density at radius 3 is 2.71 bits per heavy atom. The molecule has 2 aromatic carbocycles. The third-order valence-electron chi connectivity index (χ3n) is 7.96. The van der Waals surface area contributed by atoms with Gasteiger partial charge in [-0.25, -0.2) is 0 Å². The number of carbonyl (C=O) groups excluding carboxylic acids is 1. The molecule has 0 unspecified atom stereocenters. The van der Waals surface area contributed by atoms with Crippen LogP contribution >= 0.6 is 11.6 Å². The van der Waals surface area contributed by atoms with Crippen molar-refractivity contribution in [3.05, 3.63) is 58.1 Å². The van der Waals surface area contributed by atoms with E-state index in [9.17, 15) is 9.00 Å². The van der Waals surface area contributed by atoms with Crippen LogP contribution in [-0.4, -0.2) is 38.0 Å². The van der Waals surface area contributed by atoms with Crippen LogP contribution in [0.5, 0.6) is 5.75 Å². The molecule has 0 aromatic heterocycles. The second-order valence-corrected chi connectivity index (χ2v) is 12.3. The van der Waals surface area contributed by atoms with E-state index in [0.717, 1.165) is 68.0 Å². The lowest BCUT2D eigenvalue weighted by Gasteiger charge is -2.35. The van der Waals surface area contributed by atoms with Gasteiger partial charge in [0.05, 0.1) is 18.4 Å². The van der Waals surface area contributed by atoms with E-state index < -0.39 is 16.5 Å². The van der Waals surface area contributed by atoms with Gasteiger partial charge in [-0.2, -0.15) is 10.6 Å². The van der Waals surface area contributed by atoms with Crippen LogP contribution in [0.15, 0.2) is 40.8 Å². The van der Waals surface area contributed by atoms with E-state index in [-0.39, 0.29) is 6.10 Å². The highest BCUT2D eigenvalue weighted by Crippen LogP contribution is 2.35. The number of aryl methyl sites for hydroxylation is 1. The second kappa shape index (κ2) is 13.8. The summed E-state index contributed by atoms with van der Waals surface area (Å²) in [6.07, 6.45) is 6.68. The molecule has 0 aliphatic carbocycles. The van der Waals surface area contributed by atoms with Crippen LogP contribution in [0.3, 0.4) is 0 Å². The lowest BCUT2D eigenvalue weighted by Crippen LogP contribution is -2.35. The van der Waals surface area contributed by atoms with Crippen molar-refractivity contribution in [2.24, 2.45) is 16.2 Å². The van der Waals surface area contributed by atoms with Gasteiger partial charge >= 0.3 is 0 Å². The number of fused-ring (bicyclic) bond motifs is 2. The number of amides is 1. The van der Waals surface area contributed by atoms with Crippen molar-refractivity contribution < 1.29 is 18.5 Å². The van der Waals surface area contributed by atoms with E-state index in [0.29, 0.717) is 36.3 Å². The highest BCUT2D eigenvalue weighted by molar-refractivity contribution is 7.75. The normalized spacial score (nSPS) is 24.5. The number of nitrogens with zero attached hydrogens (tertiary/aromatic N) is 2. The number of benzene rings is 2. The maximum absolute atomic E-state index is 13.0. The van der Waals surface area contributed by atoms with Gasteiger partial charge in [0, 0.05) is 30.8 Å². The van der Waals surface area contributed by atoms with E-state index in [1.54, 1.807) is 13.2 Å². The van der Waals surface area contributed by atoms with Gasteiger partial charge in [0.1, 0.15) is 5.75 Å². The molecule has 0 N–H and O–H groups in total. The number of hydrogen-bond acceptors (Lipinski definition) is 6. The molecule has 208 valence electrons. The van der Waals surface area contributed by atoms with E-state index in [1.165, 1.54) is 11.1 Å². The summed E-state index contributed by atoms with van der Waals surface area (Å²) in [7, 11) is 0.264. The van der Waals surface area contributed by atoms with Gasteiger partial charge in [0.15, 0.2) is 0 Å². The van der Waals surface area contributed by atoms with Gasteiger partial charge in [-0.1, -0.05) is 56.5 Å². The van der Waals surface area contributed by atoms with Crippen LogP contribution in [0, 0.1) is 11.8 Å². The summed E-state index contributed by atoms with van der Waals surface area (Å²) in [5.41, 5.74) is 3.77. The summed E-state index contributed by atoms with van der Waals surface area (Å²) in [6.45, 7) is 6.57. The Labute approximate surface area is 234 Å². The molecule has 8 heteroatoms. The molecule has 3 atom stereocenters. The van der Waals surface area contributed by atoms with E-state index >= 15 is 0 Å². The molecule has 2 bridgehead atoms. The Morgan fingerprint density at radius 2 is 1.89 bits per heavy atom. The zero-order valence-electron chi connectivity index (χ0n) is 22.8. The van der Waals surface area contributed by atoms with Gasteiger partial charge in [0.2, 0.25) is 0 Å². The van der Waals surface area contributed by atoms with Crippen LogP contribution in [0.1, 0.15) is 73.9 Å². The first-order chi connectivity index (χ1) is 18.4. The highest BCUT2D eigenvalue weighted by atomic mass is 35.5. The Balaban J connectivity index is 1.81. The summed E-state index contributed by atoms with van der Waals surface area (Å²) >= 11 is 6.39.